The van der Waals surface area contributed by atoms with E-state index in [1.165, 1.54) is 0 Å². The Morgan fingerprint density at radius 3 is 2.60 bits per heavy atom. The van der Waals surface area contributed by atoms with Gasteiger partial charge in [0.15, 0.2) is 0 Å². The topological polar surface area (TPSA) is 17.1 Å². The number of carbonyl (C=O) groups is 1. The van der Waals surface area contributed by atoms with Gasteiger partial charge in [-0.05, 0) is 6.92 Å². The van der Waals surface area contributed by atoms with Gasteiger partial charge in [-0.15, -0.1) is 0 Å². The summed E-state index contributed by atoms with van der Waals surface area (Å²) in [7, 11) is 0. The smallest absolute Gasteiger partial charge is 0.141 e. The number of hydrogen-bond acceptors (Lipinski definition) is 2. The fraction of sp³-hybridized carbons (Fsp3) is 0.625. The average Bonchev–Trinajstić information content (AvgIpc) is 1.55. The minimum atomic E-state index is 0.349. The number of rotatable bonds is 3. The van der Waals surface area contributed by atoms with E-state index in [9.17, 15) is 4.79 Å². The first-order valence-corrected chi connectivity index (χ1v) is 4.60. The van der Waals surface area contributed by atoms with Crippen LogP contribution in [-0.4, -0.2) is 17.3 Å². The molecule has 0 N–H and O–H groups in total. The van der Waals surface area contributed by atoms with Crippen molar-refractivity contribution in [1.82, 2.24) is 0 Å². The first-order valence-electron chi connectivity index (χ1n) is 3.45. The molecule has 1 aliphatic heterocycles. The Labute approximate surface area is 65.9 Å². The molecule has 1 heterocycles. The van der Waals surface area contributed by atoms with E-state index in [2.05, 4.69) is 6.58 Å². The summed E-state index contributed by atoms with van der Waals surface area (Å²) >= 11 is 1.85. The third-order valence-electron chi connectivity index (χ3n) is 1.57. The van der Waals surface area contributed by atoms with Crippen LogP contribution in [-0.2, 0) is 4.79 Å². The normalized spacial score (nSPS) is 18.1. The highest BCUT2D eigenvalue weighted by Gasteiger charge is 2.24. The van der Waals surface area contributed by atoms with Gasteiger partial charge in [0.1, 0.15) is 5.78 Å². The molecule has 0 bridgehead atoms. The maximum atomic E-state index is 11.2. The lowest BCUT2D eigenvalue weighted by atomic mass is 10.0. The van der Waals surface area contributed by atoms with Crippen LogP contribution in [0.1, 0.15) is 13.3 Å². The highest BCUT2D eigenvalue weighted by molar-refractivity contribution is 8.00. The molecule has 0 saturated carbocycles. The van der Waals surface area contributed by atoms with Crippen molar-refractivity contribution in [2.24, 2.45) is 5.92 Å². The molecule has 0 spiro atoms. The van der Waals surface area contributed by atoms with Crippen LogP contribution >= 0.6 is 11.8 Å². The molecular weight excluding hydrogens is 144 g/mol. The molecule has 2 heteroatoms. The van der Waals surface area contributed by atoms with E-state index < -0.39 is 0 Å². The molecule has 1 saturated heterocycles. The molecule has 1 aliphatic rings. The van der Waals surface area contributed by atoms with Crippen LogP contribution in [0.3, 0.4) is 0 Å². The summed E-state index contributed by atoms with van der Waals surface area (Å²) in [5.74, 6) is 2.80. The first kappa shape index (κ1) is 7.86. The van der Waals surface area contributed by atoms with Crippen molar-refractivity contribution in [3.8, 4) is 0 Å². The molecule has 0 unspecified atom stereocenters. The zero-order valence-electron chi connectivity index (χ0n) is 6.22. The van der Waals surface area contributed by atoms with E-state index in [1.54, 1.807) is 0 Å². The van der Waals surface area contributed by atoms with Crippen molar-refractivity contribution in [3.05, 3.63) is 12.2 Å². The average molecular weight is 156 g/mol. The van der Waals surface area contributed by atoms with Gasteiger partial charge in [-0.1, -0.05) is 12.2 Å². The van der Waals surface area contributed by atoms with Crippen molar-refractivity contribution < 1.29 is 4.79 Å². The summed E-state index contributed by atoms with van der Waals surface area (Å²) < 4.78 is 0. The highest BCUT2D eigenvalue weighted by Crippen LogP contribution is 2.26. The second kappa shape index (κ2) is 3.24. The van der Waals surface area contributed by atoms with Crippen LogP contribution in [0.15, 0.2) is 12.2 Å². The highest BCUT2D eigenvalue weighted by atomic mass is 32.2. The van der Waals surface area contributed by atoms with Gasteiger partial charge >= 0.3 is 0 Å². The maximum Gasteiger partial charge on any atom is 0.141 e. The minimum Gasteiger partial charge on any atom is -0.299 e. The summed E-state index contributed by atoms with van der Waals surface area (Å²) in [5, 5.41) is 0. The van der Waals surface area contributed by atoms with E-state index in [0.29, 0.717) is 18.1 Å². The molecule has 0 aromatic rings. The van der Waals surface area contributed by atoms with Crippen molar-refractivity contribution in [2.45, 2.75) is 13.3 Å². The molecule has 0 aromatic carbocycles. The molecule has 0 radical (unpaired) electrons. The Morgan fingerprint density at radius 1 is 1.70 bits per heavy atom. The number of allylic oxidation sites excluding steroid dienone is 1. The molecule has 0 atom stereocenters. The summed E-state index contributed by atoms with van der Waals surface area (Å²) in [6.45, 7) is 5.61. The van der Waals surface area contributed by atoms with Gasteiger partial charge in [-0.25, -0.2) is 0 Å². The fourth-order valence-electron chi connectivity index (χ4n) is 0.863. The second-order valence-corrected chi connectivity index (χ2v) is 3.91. The van der Waals surface area contributed by atoms with E-state index in [0.717, 1.165) is 17.1 Å². The van der Waals surface area contributed by atoms with Crippen LogP contribution in [0.2, 0.25) is 0 Å². The second-order valence-electron chi connectivity index (χ2n) is 2.83. The van der Waals surface area contributed by atoms with Crippen molar-refractivity contribution in [3.63, 3.8) is 0 Å². The van der Waals surface area contributed by atoms with E-state index >= 15 is 0 Å². The Kier molecular flexibility index (Phi) is 2.55. The van der Waals surface area contributed by atoms with Crippen LogP contribution in [0, 0.1) is 5.92 Å². The largest absolute Gasteiger partial charge is 0.299 e. The standard InChI is InChI=1S/C8H12OS/c1-6(2)3-8(9)7-4-10-5-7/h7H,1,3-5H2,2H3. The third kappa shape index (κ3) is 1.87. The minimum absolute atomic E-state index is 0.349. The molecule has 1 nitrogen and oxygen atoms in total. The Morgan fingerprint density at radius 2 is 2.30 bits per heavy atom. The van der Waals surface area contributed by atoms with E-state index in [1.807, 2.05) is 18.7 Å². The van der Waals surface area contributed by atoms with Gasteiger partial charge in [0.2, 0.25) is 0 Å². The molecule has 56 valence electrons. The van der Waals surface area contributed by atoms with Gasteiger partial charge < -0.3 is 0 Å². The fourth-order valence-corrected chi connectivity index (χ4v) is 1.71. The Balaban J connectivity index is 2.27. The number of hydrogen-bond donors (Lipinski definition) is 0. The predicted molar refractivity (Wildman–Crippen MR) is 45.3 cm³/mol. The van der Waals surface area contributed by atoms with Crippen molar-refractivity contribution in [2.75, 3.05) is 11.5 Å². The lowest BCUT2D eigenvalue weighted by molar-refractivity contribution is -0.121. The van der Waals surface area contributed by atoms with Crippen molar-refractivity contribution in [1.29, 1.82) is 0 Å². The van der Waals surface area contributed by atoms with Crippen LogP contribution in [0.5, 0.6) is 0 Å². The number of thioether (sulfide) groups is 1. The molecule has 0 aliphatic carbocycles. The number of carbonyl (C=O) groups excluding carboxylic acids is 1. The van der Waals surface area contributed by atoms with Gasteiger partial charge in [-0.3, -0.25) is 4.79 Å². The lowest BCUT2D eigenvalue weighted by Crippen LogP contribution is -2.27. The lowest BCUT2D eigenvalue weighted by Gasteiger charge is -2.23. The molecular formula is C8H12OS. The maximum absolute atomic E-state index is 11.2. The van der Waals surface area contributed by atoms with Gasteiger partial charge in [0, 0.05) is 23.8 Å². The molecule has 10 heavy (non-hydrogen) atoms. The zero-order chi connectivity index (χ0) is 7.56. The summed E-state index contributed by atoms with van der Waals surface area (Å²) in [6, 6.07) is 0. The van der Waals surface area contributed by atoms with Crippen LogP contribution in [0.4, 0.5) is 0 Å². The quantitative estimate of drug-likeness (QED) is 0.580. The first-order chi connectivity index (χ1) is 4.70. The summed E-state index contributed by atoms with van der Waals surface area (Å²) in [5.41, 5.74) is 0.988. The summed E-state index contributed by atoms with van der Waals surface area (Å²) in [4.78, 5) is 11.2. The van der Waals surface area contributed by atoms with Gasteiger partial charge in [0.05, 0.1) is 0 Å². The zero-order valence-corrected chi connectivity index (χ0v) is 7.04. The van der Waals surface area contributed by atoms with Gasteiger partial charge in [-0.2, -0.15) is 11.8 Å². The number of Topliss-reactive ketones (excluding diaryl/α,β-unsaturated/α-hetero) is 1. The number of ketones is 1. The van der Waals surface area contributed by atoms with E-state index in [-0.39, 0.29) is 0 Å². The monoisotopic (exact) mass is 156 g/mol. The molecule has 0 aromatic heterocycles. The van der Waals surface area contributed by atoms with E-state index in [4.69, 9.17) is 0 Å². The molecule has 1 fully saturated rings. The van der Waals surface area contributed by atoms with Gasteiger partial charge in [0.25, 0.3) is 0 Å². The van der Waals surface area contributed by atoms with Crippen LogP contribution < -0.4 is 0 Å². The SMILES string of the molecule is C=C(C)CC(=O)C1CSC1. The van der Waals surface area contributed by atoms with Crippen molar-refractivity contribution >= 4 is 17.5 Å². The third-order valence-corrected chi connectivity index (χ3v) is 2.85. The van der Waals surface area contributed by atoms with Crippen LogP contribution in [0.25, 0.3) is 0 Å². The predicted octanol–water partition coefficient (Wildman–Crippen LogP) is 1.88. The summed E-state index contributed by atoms with van der Waals surface area (Å²) in [6.07, 6.45) is 0.589. The molecule has 1 rings (SSSR count). The molecule has 0 amide bonds. The Bertz CT molecular complexity index is 159. The Hall–Kier alpha value is -0.240.